The van der Waals surface area contributed by atoms with Crippen LogP contribution in [0.25, 0.3) is 0 Å². The number of ether oxygens (including phenoxy) is 1. The SMILES string of the molecule is CC(=O)OCC(=O)[C@@]1(O)[C@H](C)C[C@@H]2[C@@H]3CCC4=CC(=O)C=C[C@]4(C)C3=CC[C@@]21C. The maximum absolute atomic E-state index is 13.0. The number of aliphatic hydroxyl groups is 1. The first kappa shape index (κ1) is 20.3. The van der Waals surface area contributed by atoms with E-state index in [1.165, 1.54) is 18.1 Å². The maximum Gasteiger partial charge on any atom is 0.303 e. The standard InChI is InChI=1S/C24H30O5/c1-14-11-20-18-6-5-16-12-17(26)7-9-22(16,3)19(18)8-10-23(20,4)24(14,28)21(27)13-29-15(2)25/h7-9,12,14,18,20,28H,5-6,10-11,13H2,1-4H3/t14-,18-,20-,22+,23+,24+/m1/s1. The van der Waals surface area contributed by atoms with Crippen molar-refractivity contribution in [2.45, 2.75) is 59.0 Å². The predicted molar refractivity (Wildman–Crippen MR) is 108 cm³/mol. The molecule has 0 saturated heterocycles. The Kier molecular flexibility index (Phi) is 4.54. The van der Waals surface area contributed by atoms with Gasteiger partial charge in [0.1, 0.15) is 5.60 Å². The minimum atomic E-state index is -1.51. The van der Waals surface area contributed by atoms with E-state index in [4.69, 9.17) is 4.74 Å². The first-order chi connectivity index (χ1) is 13.5. The van der Waals surface area contributed by atoms with E-state index in [1.54, 1.807) is 12.2 Å². The molecule has 29 heavy (non-hydrogen) atoms. The van der Waals surface area contributed by atoms with E-state index in [9.17, 15) is 19.5 Å². The fraction of sp³-hybridized carbons (Fsp3) is 0.625. The zero-order valence-corrected chi connectivity index (χ0v) is 17.7. The Morgan fingerprint density at radius 1 is 1.31 bits per heavy atom. The predicted octanol–water partition coefficient (Wildman–Crippen LogP) is 3.32. The van der Waals surface area contributed by atoms with Crippen LogP contribution in [0.3, 0.4) is 0 Å². The number of carbonyl (C=O) groups is 3. The van der Waals surface area contributed by atoms with E-state index in [1.807, 2.05) is 19.9 Å². The quantitative estimate of drug-likeness (QED) is 0.583. The van der Waals surface area contributed by atoms with Crippen molar-refractivity contribution in [3.05, 3.63) is 35.5 Å². The monoisotopic (exact) mass is 398 g/mol. The summed E-state index contributed by atoms with van der Waals surface area (Å²) in [4.78, 5) is 36.1. The summed E-state index contributed by atoms with van der Waals surface area (Å²) in [5, 5.41) is 11.7. The summed E-state index contributed by atoms with van der Waals surface area (Å²) in [5.41, 5.74) is 0.145. The summed E-state index contributed by atoms with van der Waals surface area (Å²) in [7, 11) is 0. The highest BCUT2D eigenvalue weighted by Crippen LogP contribution is 2.66. The molecule has 0 aliphatic heterocycles. The van der Waals surface area contributed by atoms with Gasteiger partial charge in [-0.2, -0.15) is 0 Å². The fourth-order valence-corrected chi connectivity index (χ4v) is 6.74. The van der Waals surface area contributed by atoms with Crippen molar-refractivity contribution in [1.29, 1.82) is 0 Å². The van der Waals surface area contributed by atoms with Gasteiger partial charge in [-0.3, -0.25) is 14.4 Å². The molecule has 4 aliphatic rings. The average Bonchev–Trinajstić information content (AvgIpc) is 2.88. The second-order valence-electron chi connectivity index (χ2n) is 9.75. The second-order valence-corrected chi connectivity index (χ2v) is 9.75. The van der Waals surface area contributed by atoms with E-state index in [0.29, 0.717) is 6.42 Å². The van der Waals surface area contributed by atoms with Gasteiger partial charge in [0.25, 0.3) is 0 Å². The van der Waals surface area contributed by atoms with E-state index in [-0.39, 0.29) is 35.6 Å². The third-order valence-corrected chi connectivity index (χ3v) is 8.36. The van der Waals surface area contributed by atoms with Gasteiger partial charge >= 0.3 is 5.97 Å². The molecule has 6 atom stereocenters. The molecule has 5 heteroatoms. The van der Waals surface area contributed by atoms with E-state index < -0.39 is 22.8 Å². The number of allylic oxidation sites excluding steroid dienone is 6. The van der Waals surface area contributed by atoms with Crippen LogP contribution in [0.1, 0.15) is 53.4 Å². The van der Waals surface area contributed by atoms with Crippen molar-refractivity contribution < 1.29 is 24.2 Å². The van der Waals surface area contributed by atoms with Gasteiger partial charge in [-0.25, -0.2) is 0 Å². The van der Waals surface area contributed by atoms with Crippen molar-refractivity contribution >= 4 is 17.5 Å². The van der Waals surface area contributed by atoms with Crippen LogP contribution in [-0.2, 0) is 19.1 Å². The van der Waals surface area contributed by atoms with Crippen LogP contribution in [-0.4, -0.2) is 34.9 Å². The van der Waals surface area contributed by atoms with Gasteiger partial charge in [0.2, 0.25) is 5.78 Å². The van der Waals surface area contributed by atoms with E-state index in [2.05, 4.69) is 13.0 Å². The summed E-state index contributed by atoms with van der Waals surface area (Å²) >= 11 is 0. The number of ketones is 2. The van der Waals surface area contributed by atoms with E-state index >= 15 is 0 Å². The first-order valence-electron chi connectivity index (χ1n) is 10.6. The van der Waals surface area contributed by atoms with Gasteiger partial charge in [-0.05, 0) is 62.5 Å². The van der Waals surface area contributed by atoms with Crippen molar-refractivity contribution in [1.82, 2.24) is 0 Å². The number of esters is 1. The lowest BCUT2D eigenvalue weighted by molar-refractivity contribution is -0.167. The molecular weight excluding hydrogens is 368 g/mol. The molecular formula is C24H30O5. The van der Waals surface area contributed by atoms with E-state index in [0.717, 1.165) is 19.3 Å². The summed E-state index contributed by atoms with van der Waals surface area (Å²) in [6.45, 7) is 7.03. The molecule has 5 nitrogen and oxygen atoms in total. The maximum atomic E-state index is 13.0. The molecule has 0 aromatic carbocycles. The highest BCUT2D eigenvalue weighted by molar-refractivity contribution is 6.01. The third-order valence-electron chi connectivity index (χ3n) is 8.36. The number of hydrogen-bond acceptors (Lipinski definition) is 5. The highest BCUT2D eigenvalue weighted by atomic mass is 16.5. The van der Waals surface area contributed by atoms with Gasteiger partial charge in [-0.15, -0.1) is 0 Å². The van der Waals surface area contributed by atoms with Crippen molar-refractivity contribution in [3.8, 4) is 0 Å². The second kappa shape index (κ2) is 6.49. The molecule has 0 aromatic rings. The average molecular weight is 398 g/mol. The van der Waals surface area contributed by atoms with Crippen molar-refractivity contribution in [3.63, 3.8) is 0 Å². The van der Waals surface area contributed by atoms with Crippen LogP contribution >= 0.6 is 0 Å². The molecule has 4 aliphatic carbocycles. The Morgan fingerprint density at radius 2 is 2.03 bits per heavy atom. The molecule has 0 spiro atoms. The minimum Gasteiger partial charge on any atom is -0.458 e. The Balaban J connectivity index is 1.71. The van der Waals surface area contributed by atoms with Gasteiger partial charge < -0.3 is 9.84 Å². The van der Waals surface area contributed by atoms with Gasteiger partial charge in [0.05, 0.1) is 0 Å². The van der Waals surface area contributed by atoms with Crippen LogP contribution < -0.4 is 0 Å². The van der Waals surface area contributed by atoms with Crippen LogP contribution in [0.15, 0.2) is 35.5 Å². The van der Waals surface area contributed by atoms with Crippen molar-refractivity contribution in [2.24, 2.45) is 28.6 Å². The Labute approximate surface area is 171 Å². The zero-order valence-electron chi connectivity index (χ0n) is 17.7. The summed E-state index contributed by atoms with van der Waals surface area (Å²) in [5.74, 6) is -0.621. The number of fused-ring (bicyclic) bond motifs is 5. The minimum absolute atomic E-state index is 0.0529. The molecule has 2 fully saturated rings. The Morgan fingerprint density at radius 3 is 2.72 bits per heavy atom. The normalized spacial score (nSPS) is 42.9. The van der Waals surface area contributed by atoms with Gasteiger partial charge in [0, 0.05) is 17.8 Å². The molecule has 0 amide bonds. The third kappa shape index (κ3) is 2.66. The Bertz CT molecular complexity index is 880. The molecule has 0 aromatic heterocycles. The van der Waals surface area contributed by atoms with Gasteiger partial charge in [0.15, 0.2) is 12.4 Å². The summed E-state index contributed by atoms with van der Waals surface area (Å²) in [6, 6.07) is 0. The lowest BCUT2D eigenvalue weighted by atomic mass is 9.51. The lowest BCUT2D eigenvalue weighted by Gasteiger charge is -2.53. The van der Waals surface area contributed by atoms with Crippen molar-refractivity contribution in [2.75, 3.05) is 6.61 Å². The summed E-state index contributed by atoms with van der Waals surface area (Å²) < 4.78 is 4.95. The van der Waals surface area contributed by atoms with Crippen LogP contribution in [0.4, 0.5) is 0 Å². The number of carbonyl (C=O) groups excluding carboxylic acids is 3. The molecule has 0 bridgehead atoms. The molecule has 156 valence electrons. The zero-order chi connectivity index (χ0) is 21.2. The molecule has 0 heterocycles. The summed E-state index contributed by atoms with van der Waals surface area (Å²) in [6.07, 6.45) is 10.8. The molecule has 2 saturated carbocycles. The largest absolute Gasteiger partial charge is 0.458 e. The molecule has 0 unspecified atom stereocenters. The van der Waals surface area contributed by atoms with Gasteiger partial charge in [-0.1, -0.05) is 37.1 Å². The van der Waals surface area contributed by atoms with Crippen LogP contribution in [0, 0.1) is 28.6 Å². The first-order valence-corrected chi connectivity index (χ1v) is 10.6. The molecule has 0 radical (unpaired) electrons. The smallest absolute Gasteiger partial charge is 0.303 e. The molecule has 1 N–H and O–H groups in total. The number of rotatable bonds is 3. The highest BCUT2D eigenvalue weighted by Gasteiger charge is 2.67. The molecule has 4 rings (SSSR count). The number of Topliss-reactive ketones (excluding diaryl/α,β-unsaturated/α-hetero) is 1. The topological polar surface area (TPSA) is 80.7 Å². The lowest BCUT2D eigenvalue weighted by Crippen LogP contribution is -2.57. The Hall–Kier alpha value is -2.01. The van der Waals surface area contributed by atoms with Crippen LogP contribution in [0.5, 0.6) is 0 Å². The number of hydrogen-bond donors (Lipinski definition) is 1. The van der Waals surface area contributed by atoms with Crippen LogP contribution in [0.2, 0.25) is 0 Å². The fourth-order valence-electron chi connectivity index (χ4n) is 6.74.